The molecule has 5 heteroatoms. The van der Waals surface area contributed by atoms with Gasteiger partial charge in [0.05, 0.1) is 0 Å². The molecule has 0 bridgehead atoms. The quantitative estimate of drug-likeness (QED) is 0.736. The molecule has 0 unspecified atom stereocenters. The summed E-state index contributed by atoms with van der Waals surface area (Å²) in [5.74, 6) is -0.648. The molecule has 0 saturated heterocycles. The summed E-state index contributed by atoms with van der Waals surface area (Å²) >= 11 is 1.60. The average molecular weight is 345 g/mol. The molecule has 4 nitrogen and oxygen atoms in total. The molecule has 2 aromatic rings. The lowest BCUT2D eigenvalue weighted by molar-refractivity contribution is -0.147. The van der Waals surface area contributed by atoms with Crippen molar-refractivity contribution < 1.29 is 14.3 Å². The number of aryl methyl sites for hydroxylation is 3. The fourth-order valence-electron chi connectivity index (χ4n) is 2.48. The third-order valence-corrected chi connectivity index (χ3v) is 4.56. The van der Waals surface area contributed by atoms with Gasteiger partial charge in [0.2, 0.25) is 0 Å². The smallest absolute Gasteiger partial charge is 0.306 e. The highest BCUT2D eigenvalue weighted by atomic mass is 32.1. The summed E-state index contributed by atoms with van der Waals surface area (Å²) in [5.41, 5.74) is 4.14. The molecule has 1 amide bonds. The minimum Gasteiger partial charge on any atom is -0.456 e. The van der Waals surface area contributed by atoms with Crippen LogP contribution >= 0.6 is 11.3 Å². The van der Waals surface area contributed by atoms with Crippen LogP contribution in [0, 0.1) is 0 Å². The van der Waals surface area contributed by atoms with Gasteiger partial charge in [-0.15, -0.1) is 0 Å². The lowest BCUT2D eigenvalue weighted by Crippen LogP contribution is -2.22. The van der Waals surface area contributed by atoms with Gasteiger partial charge in [-0.2, -0.15) is 11.3 Å². The molecule has 1 aromatic heterocycles. The highest BCUT2D eigenvalue weighted by Gasteiger charge is 2.12. The molecular formula is C19H23NO3S. The summed E-state index contributed by atoms with van der Waals surface area (Å²) in [5, 5.41) is 6.88. The number of para-hydroxylation sites is 1. The summed E-state index contributed by atoms with van der Waals surface area (Å²) in [6.45, 7) is 3.85. The zero-order chi connectivity index (χ0) is 17.4. The van der Waals surface area contributed by atoms with Crippen molar-refractivity contribution in [1.29, 1.82) is 0 Å². The molecule has 1 N–H and O–H groups in total. The van der Waals surface area contributed by atoms with Gasteiger partial charge in [0.25, 0.3) is 5.91 Å². The van der Waals surface area contributed by atoms with E-state index in [1.165, 1.54) is 0 Å². The predicted molar refractivity (Wildman–Crippen MR) is 97.4 cm³/mol. The van der Waals surface area contributed by atoms with Crippen LogP contribution in [0.5, 0.6) is 0 Å². The van der Waals surface area contributed by atoms with Gasteiger partial charge in [-0.1, -0.05) is 32.0 Å². The van der Waals surface area contributed by atoms with Gasteiger partial charge >= 0.3 is 5.97 Å². The maximum atomic E-state index is 12.1. The Morgan fingerprint density at radius 1 is 1.12 bits per heavy atom. The summed E-state index contributed by atoms with van der Waals surface area (Å²) in [6, 6.07) is 7.99. The third-order valence-electron chi connectivity index (χ3n) is 3.83. The van der Waals surface area contributed by atoms with Crippen LogP contribution in [-0.2, 0) is 33.6 Å². The first kappa shape index (κ1) is 18.2. The first-order chi connectivity index (χ1) is 11.6. The topological polar surface area (TPSA) is 55.4 Å². The zero-order valence-electron chi connectivity index (χ0n) is 14.1. The van der Waals surface area contributed by atoms with E-state index in [-0.39, 0.29) is 24.9 Å². The lowest BCUT2D eigenvalue weighted by Gasteiger charge is -2.14. The van der Waals surface area contributed by atoms with E-state index in [4.69, 9.17) is 4.74 Å². The highest BCUT2D eigenvalue weighted by molar-refractivity contribution is 7.07. The molecular weight excluding hydrogens is 322 g/mol. The number of hydrogen-bond donors (Lipinski definition) is 1. The average Bonchev–Trinajstić information content (AvgIpc) is 3.11. The maximum Gasteiger partial charge on any atom is 0.306 e. The Kier molecular flexibility index (Phi) is 7.00. The number of ether oxygens (including phenoxy) is 1. The van der Waals surface area contributed by atoms with Crippen LogP contribution in [0.2, 0.25) is 0 Å². The van der Waals surface area contributed by atoms with Crippen molar-refractivity contribution >= 4 is 28.9 Å². The first-order valence-electron chi connectivity index (χ1n) is 8.21. The van der Waals surface area contributed by atoms with Crippen molar-refractivity contribution in [2.75, 3.05) is 11.9 Å². The Morgan fingerprint density at radius 2 is 1.83 bits per heavy atom. The van der Waals surface area contributed by atoms with E-state index in [1.807, 2.05) is 35.0 Å². The molecule has 0 atom stereocenters. The Morgan fingerprint density at radius 3 is 2.42 bits per heavy atom. The second-order valence-corrected chi connectivity index (χ2v) is 6.28. The van der Waals surface area contributed by atoms with Gasteiger partial charge in [-0.25, -0.2) is 0 Å². The zero-order valence-corrected chi connectivity index (χ0v) is 14.9. The van der Waals surface area contributed by atoms with E-state index in [0.717, 1.165) is 35.2 Å². The predicted octanol–water partition coefficient (Wildman–Crippen LogP) is 3.99. The summed E-state index contributed by atoms with van der Waals surface area (Å²) in [7, 11) is 0. The number of benzene rings is 1. The SMILES string of the molecule is CCc1cccc(CC)c1NC(=O)COC(=O)CCc1ccsc1. The largest absolute Gasteiger partial charge is 0.456 e. The number of hydrogen-bond acceptors (Lipinski definition) is 4. The molecule has 2 rings (SSSR count). The molecule has 0 saturated carbocycles. The van der Waals surface area contributed by atoms with Crippen LogP contribution in [0.25, 0.3) is 0 Å². The molecule has 0 aliphatic heterocycles. The second kappa shape index (κ2) is 9.23. The summed E-state index contributed by atoms with van der Waals surface area (Å²) in [4.78, 5) is 23.8. The number of thiophene rings is 1. The molecule has 24 heavy (non-hydrogen) atoms. The molecule has 0 spiro atoms. The molecule has 0 radical (unpaired) electrons. The number of esters is 1. The van der Waals surface area contributed by atoms with Crippen LogP contribution in [0.1, 0.15) is 37.0 Å². The number of amides is 1. The van der Waals surface area contributed by atoms with Crippen LogP contribution in [0.15, 0.2) is 35.0 Å². The van der Waals surface area contributed by atoms with Crippen LogP contribution in [-0.4, -0.2) is 18.5 Å². The normalized spacial score (nSPS) is 10.4. The molecule has 128 valence electrons. The van der Waals surface area contributed by atoms with E-state index in [1.54, 1.807) is 11.3 Å². The van der Waals surface area contributed by atoms with Gasteiger partial charge in [-0.05, 0) is 52.8 Å². The number of nitrogens with one attached hydrogen (secondary N) is 1. The second-order valence-electron chi connectivity index (χ2n) is 5.50. The van der Waals surface area contributed by atoms with Gasteiger partial charge in [0.1, 0.15) is 0 Å². The van der Waals surface area contributed by atoms with E-state index in [2.05, 4.69) is 19.2 Å². The first-order valence-corrected chi connectivity index (χ1v) is 9.15. The van der Waals surface area contributed by atoms with Gasteiger partial charge in [0.15, 0.2) is 6.61 Å². The number of carbonyl (C=O) groups is 2. The highest BCUT2D eigenvalue weighted by Crippen LogP contribution is 2.22. The van der Waals surface area contributed by atoms with Crippen LogP contribution in [0.3, 0.4) is 0 Å². The molecule has 0 fully saturated rings. The summed E-state index contributed by atoms with van der Waals surface area (Å²) in [6.07, 6.45) is 2.60. The van der Waals surface area contributed by atoms with Crippen LogP contribution in [0.4, 0.5) is 5.69 Å². The van der Waals surface area contributed by atoms with Crippen molar-refractivity contribution in [2.24, 2.45) is 0 Å². The Labute approximate surface area is 146 Å². The molecule has 0 aliphatic rings. The standard InChI is InChI=1S/C19H23NO3S/c1-3-15-6-5-7-16(4-2)19(15)20-17(21)12-23-18(22)9-8-14-10-11-24-13-14/h5-7,10-11,13H,3-4,8-9,12H2,1-2H3,(H,20,21). The molecule has 1 heterocycles. The number of anilines is 1. The molecule has 0 aliphatic carbocycles. The Balaban J connectivity index is 1.84. The molecule has 1 aromatic carbocycles. The minimum atomic E-state index is -0.351. The van der Waals surface area contributed by atoms with Crippen molar-refractivity contribution in [1.82, 2.24) is 0 Å². The van der Waals surface area contributed by atoms with E-state index < -0.39 is 0 Å². The van der Waals surface area contributed by atoms with E-state index >= 15 is 0 Å². The maximum absolute atomic E-state index is 12.1. The third kappa shape index (κ3) is 5.20. The van der Waals surface area contributed by atoms with Gasteiger partial charge in [-0.3, -0.25) is 9.59 Å². The summed E-state index contributed by atoms with van der Waals surface area (Å²) < 4.78 is 5.07. The minimum absolute atomic E-state index is 0.246. The fraction of sp³-hybridized carbons (Fsp3) is 0.368. The Bertz CT molecular complexity index is 658. The Hall–Kier alpha value is -2.14. The van der Waals surface area contributed by atoms with Gasteiger partial charge in [0, 0.05) is 12.1 Å². The van der Waals surface area contributed by atoms with Crippen molar-refractivity contribution in [3.63, 3.8) is 0 Å². The van der Waals surface area contributed by atoms with Crippen molar-refractivity contribution in [3.05, 3.63) is 51.7 Å². The fourth-order valence-corrected chi connectivity index (χ4v) is 3.18. The lowest BCUT2D eigenvalue weighted by atomic mass is 10.0. The number of carbonyl (C=O) groups excluding carboxylic acids is 2. The monoisotopic (exact) mass is 345 g/mol. The van der Waals surface area contributed by atoms with Crippen LogP contribution < -0.4 is 5.32 Å². The van der Waals surface area contributed by atoms with Gasteiger partial charge < -0.3 is 10.1 Å². The van der Waals surface area contributed by atoms with E-state index in [9.17, 15) is 9.59 Å². The van der Waals surface area contributed by atoms with Crippen molar-refractivity contribution in [3.8, 4) is 0 Å². The van der Waals surface area contributed by atoms with E-state index in [0.29, 0.717) is 6.42 Å². The number of rotatable bonds is 8. The van der Waals surface area contributed by atoms with Crippen molar-refractivity contribution in [2.45, 2.75) is 39.5 Å².